The summed E-state index contributed by atoms with van der Waals surface area (Å²) >= 11 is 0. The van der Waals surface area contributed by atoms with Crippen molar-refractivity contribution in [3.8, 4) is 0 Å². The van der Waals surface area contributed by atoms with Gasteiger partial charge in [-0.15, -0.1) is 0 Å². The van der Waals surface area contributed by atoms with Crippen LogP contribution < -0.4 is 5.32 Å². The molecule has 1 atom stereocenters. The molecule has 1 N–H and O–H groups in total. The lowest BCUT2D eigenvalue weighted by atomic mass is 9.79. The van der Waals surface area contributed by atoms with Crippen LogP contribution in [0, 0.1) is 5.92 Å². The van der Waals surface area contributed by atoms with Crippen LogP contribution in [0.3, 0.4) is 0 Å². The molecular formula is C15H25N3O2. The summed E-state index contributed by atoms with van der Waals surface area (Å²) in [5.41, 5.74) is -0.330. The monoisotopic (exact) mass is 279 g/mol. The Balaban J connectivity index is 1.77. The number of aromatic nitrogens is 2. The lowest BCUT2D eigenvalue weighted by Crippen LogP contribution is -2.34. The smallest absolute Gasteiger partial charge is 0.243 e. The summed E-state index contributed by atoms with van der Waals surface area (Å²) < 4.78 is 11.3. The molecule has 1 saturated carbocycles. The third-order valence-electron chi connectivity index (χ3n) is 4.93. The highest BCUT2D eigenvalue weighted by molar-refractivity contribution is 5.05. The maximum atomic E-state index is 5.81. The molecule has 1 unspecified atom stereocenters. The fourth-order valence-corrected chi connectivity index (χ4v) is 3.37. The van der Waals surface area contributed by atoms with Gasteiger partial charge in [0.15, 0.2) is 0 Å². The first-order valence-corrected chi connectivity index (χ1v) is 7.86. The molecule has 0 bridgehead atoms. The number of nitrogens with one attached hydrogen (secondary N) is 1. The quantitative estimate of drug-likeness (QED) is 0.921. The second-order valence-electron chi connectivity index (χ2n) is 6.34. The Hall–Kier alpha value is -0.940. The van der Waals surface area contributed by atoms with Gasteiger partial charge in [0.25, 0.3) is 0 Å². The van der Waals surface area contributed by atoms with E-state index in [-0.39, 0.29) is 11.6 Å². The molecule has 0 radical (unpaired) electrons. The van der Waals surface area contributed by atoms with E-state index >= 15 is 0 Å². The molecule has 20 heavy (non-hydrogen) atoms. The third-order valence-corrected chi connectivity index (χ3v) is 4.93. The summed E-state index contributed by atoms with van der Waals surface area (Å²) in [5, 5.41) is 7.68. The van der Waals surface area contributed by atoms with Crippen LogP contribution in [0.4, 0.5) is 0 Å². The van der Waals surface area contributed by atoms with Gasteiger partial charge < -0.3 is 14.6 Å². The summed E-state index contributed by atoms with van der Waals surface area (Å²) in [4.78, 5) is 4.66. The van der Waals surface area contributed by atoms with Crippen LogP contribution in [0.1, 0.15) is 69.6 Å². The Kier molecular flexibility index (Phi) is 4.08. The first kappa shape index (κ1) is 14.0. The number of piperidine rings is 1. The molecule has 0 aromatic carbocycles. The number of hydrogen-bond acceptors (Lipinski definition) is 5. The van der Waals surface area contributed by atoms with E-state index in [0.717, 1.165) is 43.4 Å². The zero-order valence-corrected chi connectivity index (χ0v) is 12.5. The zero-order valence-electron chi connectivity index (χ0n) is 12.5. The lowest BCUT2D eigenvalue weighted by Gasteiger charge is -2.35. The van der Waals surface area contributed by atoms with Crippen LogP contribution in [-0.2, 0) is 10.3 Å². The van der Waals surface area contributed by atoms with Gasteiger partial charge in [-0.25, -0.2) is 0 Å². The van der Waals surface area contributed by atoms with Crippen molar-refractivity contribution in [2.75, 3.05) is 13.7 Å². The SMILES string of the molecule is COC1(c2noc(C3CCCCN3)n2)CCC(C)CC1. The van der Waals surface area contributed by atoms with Gasteiger partial charge in [-0.1, -0.05) is 18.5 Å². The molecule has 112 valence electrons. The van der Waals surface area contributed by atoms with Crippen molar-refractivity contribution >= 4 is 0 Å². The highest BCUT2D eigenvalue weighted by Crippen LogP contribution is 2.41. The van der Waals surface area contributed by atoms with E-state index in [1.807, 2.05) is 0 Å². The average Bonchev–Trinajstić information content (AvgIpc) is 3.00. The van der Waals surface area contributed by atoms with E-state index in [0.29, 0.717) is 0 Å². The molecule has 2 aliphatic rings. The molecule has 2 heterocycles. The van der Waals surface area contributed by atoms with Crippen LogP contribution in [0.15, 0.2) is 4.52 Å². The number of ether oxygens (including phenoxy) is 1. The first-order chi connectivity index (χ1) is 9.73. The molecule has 1 aromatic rings. The summed E-state index contributed by atoms with van der Waals surface area (Å²) in [6.07, 6.45) is 7.85. The van der Waals surface area contributed by atoms with Crippen molar-refractivity contribution in [2.45, 2.75) is 63.5 Å². The van der Waals surface area contributed by atoms with Crippen molar-refractivity contribution in [3.05, 3.63) is 11.7 Å². The zero-order chi connectivity index (χ0) is 14.0. The fraction of sp³-hybridized carbons (Fsp3) is 0.867. The summed E-state index contributed by atoms with van der Waals surface area (Å²) in [7, 11) is 1.77. The normalized spacial score (nSPS) is 35.1. The number of nitrogens with zero attached hydrogens (tertiary/aromatic N) is 2. The Labute approximate surface area is 120 Å². The van der Waals surface area contributed by atoms with E-state index in [4.69, 9.17) is 9.26 Å². The van der Waals surface area contributed by atoms with Gasteiger partial charge in [-0.05, 0) is 51.0 Å². The number of methoxy groups -OCH3 is 1. The highest BCUT2D eigenvalue weighted by Gasteiger charge is 2.40. The third kappa shape index (κ3) is 2.61. The van der Waals surface area contributed by atoms with E-state index in [1.54, 1.807) is 7.11 Å². The van der Waals surface area contributed by atoms with Gasteiger partial charge in [0.2, 0.25) is 11.7 Å². The van der Waals surface area contributed by atoms with Gasteiger partial charge in [0.05, 0.1) is 6.04 Å². The van der Waals surface area contributed by atoms with E-state index in [2.05, 4.69) is 22.4 Å². The Morgan fingerprint density at radius 3 is 2.70 bits per heavy atom. The second-order valence-corrected chi connectivity index (χ2v) is 6.34. The maximum Gasteiger partial charge on any atom is 0.243 e. The van der Waals surface area contributed by atoms with E-state index < -0.39 is 0 Å². The molecule has 1 aliphatic heterocycles. The molecule has 0 spiro atoms. The van der Waals surface area contributed by atoms with Gasteiger partial charge >= 0.3 is 0 Å². The van der Waals surface area contributed by atoms with E-state index in [1.165, 1.54) is 25.7 Å². The van der Waals surface area contributed by atoms with Gasteiger partial charge in [-0.3, -0.25) is 0 Å². The fourth-order valence-electron chi connectivity index (χ4n) is 3.37. The average molecular weight is 279 g/mol. The Morgan fingerprint density at radius 2 is 2.05 bits per heavy atom. The number of hydrogen-bond donors (Lipinski definition) is 1. The van der Waals surface area contributed by atoms with Crippen LogP contribution in [0.25, 0.3) is 0 Å². The molecular weight excluding hydrogens is 254 g/mol. The maximum absolute atomic E-state index is 5.81. The lowest BCUT2D eigenvalue weighted by molar-refractivity contribution is -0.0609. The molecule has 5 heteroatoms. The standard InChI is InChI=1S/C15H25N3O2/c1-11-6-8-15(19-2,9-7-11)14-17-13(20-18-14)12-5-3-4-10-16-12/h11-12,16H,3-10H2,1-2H3. The minimum atomic E-state index is -0.330. The van der Waals surface area contributed by atoms with Gasteiger partial charge in [0, 0.05) is 7.11 Å². The molecule has 5 nitrogen and oxygen atoms in total. The van der Waals surface area contributed by atoms with Crippen LogP contribution in [0.5, 0.6) is 0 Å². The van der Waals surface area contributed by atoms with Crippen LogP contribution in [-0.4, -0.2) is 23.8 Å². The molecule has 1 saturated heterocycles. The van der Waals surface area contributed by atoms with Crippen molar-refractivity contribution in [1.82, 2.24) is 15.5 Å². The van der Waals surface area contributed by atoms with Crippen molar-refractivity contribution in [1.29, 1.82) is 0 Å². The van der Waals surface area contributed by atoms with Crippen molar-refractivity contribution < 1.29 is 9.26 Å². The Bertz CT molecular complexity index is 432. The largest absolute Gasteiger partial charge is 0.370 e. The summed E-state index contributed by atoms with van der Waals surface area (Å²) in [6.45, 7) is 3.34. The minimum absolute atomic E-state index is 0.224. The van der Waals surface area contributed by atoms with Crippen LogP contribution >= 0.6 is 0 Å². The molecule has 3 rings (SSSR count). The second kappa shape index (κ2) is 5.82. The van der Waals surface area contributed by atoms with Crippen LogP contribution in [0.2, 0.25) is 0 Å². The predicted octanol–water partition coefficient (Wildman–Crippen LogP) is 2.94. The van der Waals surface area contributed by atoms with Gasteiger partial charge in [-0.2, -0.15) is 4.98 Å². The molecule has 1 aromatic heterocycles. The summed E-state index contributed by atoms with van der Waals surface area (Å²) in [6, 6.07) is 0.224. The highest BCUT2D eigenvalue weighted by atomic mass is 16.5. The minimum Gasteiger partial charge on any atom is -0.370 e. The van der Waals surface area contributed by atoms with Crippen molar-refractivity contribution in [2.24, 2.45) is 5.92 Å². The molecule has 2 fully saturated rings. The molecule has 0 amide bonds. The Morgan fingerprint density at radius 1 is 1.25 bits per heavy atom. The number of rotatable bonds is 3. The predicted molar refractivity (Wildman–Crippen MR) is 75.2 cm³/mol. The molecule has 1 aliphatic carbocycles. The summed E-state index contributed by atoms with van der Waals surface area (Å²) in [5.74, 6) is 2.24. The topological polar surface area (TPSA) is 60.2 Å². The van der Waals surface area contributed by atoms with E-state index in [9.17, 15) is 0 Å². The first-order valence-electron chi connectivity index (χ1n) is 7.86. The van der Waals surface area contributed by atoms with Crippen molar-refractivity contribution in [3.63, 3.8) is 0 Å². The van der Waals surface area contributed by atoms with Gasteiger partial charge in [0.1, 0.15) is 5.60 Å².